The molecule has 0 heterocycles. The van der Waals surface area contributed by atoms with Crippen LogP contribution in [0.3, 0.4) is 0 Å². The third-order valence-electron chi connectivity index (χ3n) is 0.837. The Balaban J connectivity index is 3.39. The summed E-state index contributed by atoms with van der Waals surface area (Å²) in [6.45, 7) is 1.41. The van der Waals surface area contributed by atoms with E-state index in [1.54, 1.807) is 0 Å². The van der Waals surface area contributed by atoms with E-state index in [-0.39, 0.29) is 18.0 Å². The zero-order valence-electron chi connectivity index (χ0n) is 5.39. The van der Waals surface area contributed by atoms with Crippen LogP contribution in [0.5, 0.6) is 0 Å². The Labute approximate surface area is 60.0 Å². The van der Waals surface area contributed by atoms with E-state index < -0.39 is 0 Å². The zero-order chi connectivity index (χ0) is 7.28. The molecule has 0 aliphatic carbocycles. The molecule has 0 saturated carbocycles. The van der Waals surface area contributed by atoms with E-state index in [0.717, 1.165) is 0 Å². The van der Waals surface area contributed by atoms with Crippen LogP contribution in [0, 0.1) is 0 Å². The van der Waals surface area contributed by atoms with Crippen molar-refractivity contribution in [3.05, 3.63) is 0 Å². The van der Waals surface area contributed by atoms with E-state index in [2.05, 4.69) is 12.6 Å². The van der Waals surface area contributed by atoms with Gasteiger partial charge in [0.2, 0.25) is 0 Å². The van der Waals surface area contributed by atoms with Crippen molar-refractivity contribution in [2.24, 2.45) is 0 Å². The Bertz CT molecular complexity index is 120. The first-order valence-corrected chi connectivity index (χ1v) is 3.42. The molecule has 3 heteroatoms. The van der Waals surface area contributed by atoms with Gasteiger partial charge in [0, 0.05) is 6.42 Å². The Hall–Kier alpha value is -0.310. The predicted octanol–water partition coefficient (Wildman–Crippen LogP) is 0.854. The molecule has 0 atom stereocenters. The first-order valence-electron chi connectivity index (χ1n) is 2.79. The van der Waals surface area contributed by atoms with E-state index in [9.17, 15) is 9.59 Å². The lowest BCUT2D eigenvalue weighted by Gasteiger charge is -1.90. The molecule has 0 aliphatic heterocycles. The molecule has 0 aromatic rings. The molecule has 2 nitrogen and oxygen atoms in total. The van der Waals surface area contributed by atoms with Crippen molar-refractivity contribution in [2.45, 2.75) is 19.8 Å². The third kappa shape index (κ3) is 5.56. The topological polar surface area (TPSA) is 34.1 Å². The first kappa shape index (κ1) is 8.69. The molecule has 0 fully saturated rings. The van der Waals surface area contributed by atoms with Gasteiger partial charge in [-0.3, -0.25) is 9.59 Å². The number of thiol groups is 1. The lowest BCUT2D eigenvalue weighted by molar-refractivity contribution is -0.125. The van der Waals surface area contributed by atoms with Crippen molar-refractivity contribution < 1.29 is 9.59 Å². The van der Waals surface area contributed by atoms with Crippen LogP contribution in [-0.4, -0.2) is 17.3 Å². The second-order valence-electron chi connectivity index (χ2n) is 1.89. The molecule has 0 N–H and O–H groups in total. The van der Waals surface area contributed by atoms with E-state index in [1.807, 2.05) is 0 Å². The summed E-state index contributed by atoms with van der Waals surface area (Å²) in [4.78, 5) is 20.9. The van der Waals surface area contributed by atoms with E-state index in [4.69, 9.17) is 0 Å². The largest absolute Gasteiger partial charge is 0.300 e. The molecular weight excluding hydrogens is 136 g/mol. The minimum absolute atomic E-state index is 0.0162. The summed E-state index contributed by atoms with van der Waals surface area (Å²) >= 11 is 3.85. The summed E-state index contributed by atoms with van der Waals surface area (Å²) in [6, 6.07) is 0. The van der Waals surface area contributed by atoms with Gasteiger partial charge in [-0.1, -0.05) is 0 Å². The summed E-state index contributed by atoms with van der Waals surface area (Å²) in [5.41, 5.74) is 0. The summed E-state index contributed by atoms with van der Waals surface area (Å²) in [6.07, 6.45) is 0.475. The van der Waals surface area contributed by atoms with E-state index in [0.29, 0.717) is 12.2 Å². The van der Waals surface area contributed by atoms with Crippen LogP contribution in [0.4, 0.5) is 0 Å². The molecule has 0 saturated heterocycles. The van der Waals surface area contributed by atoms with Gasteiger partial charge in [-0.15, -0.1) is 0 Å². The number of hydrogen-bond donors (Lipinski definition) is 1. The predicted molar refractivity (Wildman–Crippen MR) is 38.8 cm³/mol. The van der Waals surface area contributed by atoms with Gasteiger partial charge in [0.15, 0.2) is 0 Å². The molecule has 0 aliphatic rings. The van der Waals surface area contributed by atoms with Gasteiger partial charge < -0.3 is 0 Å². The van der Waals surface area contributed by atoms with Crippen molar-refractivity contribution in [1.29, 1.82) is 0 Å². The highest BCUT2D eigenvalue weighted by atomic mass is 32.1. The summed E-state index contributed by atoms with van der Waals surface area (Å²) in [5, 5.41) is 0. The standard InChI is InChI=1S/C6H10O2S/c1-5(7)4-6(8)2-3-9/h9H,2-4H2,1H3. The maximum Gasteiger partial charge on any atom is 0.141 e. The van der Waals surface area contributed by atoms with Crippen LogP contribution >= 0.6 is 12.6 Å². The smallest absolute Gasteiger partial charge is 0.141 e. The molecule has 9 heavy (non-hydrogen) atoms. The minimum Gasteiger partial charge on any atom is -0.300 e. The molecule has 0 unspecified atom stereocenters. The molecule has 0 amide bonds. The van der Waals surface area contributed by atoms with Crippen molar-refractivity contribution in [1.82, 2.24) is 0 Å². The van der Waals surface area contributed by atoms with Crippen molar-refractivity contribution in [3.63, 3.8) is 0 Å². The van der Waals surface area contributed by atoms with Crippen LogP contribution in [0.15, 0.2) is 0 Å². The number of rotatable bonds is 4. The molecule has 0 radical (unpaired) electrons. The fourth-order valence-electron chi connectivity index (χ4n) is 0.491. The quantitative estimate of drug-likeness (QED) is 0.471. The summed E-state index contributed by atoms with van der Waals surface area (Å²) in [7, 11) is 0. The van der Waals surface area contributed by atoms with Crippen LogP contribution in [0.25, 0.3) is 0 Å². The van der Waals surface area contributed by atoms with Crippen LogP contribution in [0.1, 0.15) is 19.8 Å². The average molecular weight is 146 g/mol. The fourth-order valence-corrected chi connectivity index (χ4v) is 0.740. The van der Waals surface area contributed by atoms with Gasteiger partial charge in [0.1, 0.15) is 11.6 Å². The molecule has 52 valence electrons. The van der Waals surface area contributed by atoms with Gasteiger partial charge in [-0.2, -0.15) is 12.6 Å². The first-order chi connectivity index (χ1) is 4.16. The molecular formula is C6H10O2S. The van der Waals surface area contributed by atoms with Gasteiger partial charge in [-0.05, 0) is 12.7 Å². The normalized spacial score (nSPS) is 9.11. The lowest BCUT2D eigenvalue weighted by Crippen LogP contribution is -2.04. The van der Waals surface area contributed by atoms with Crippen molar-refractivity contribution in [2.75, 3.05) is 5.75 Å². The van der Waals surface area contributed by atoms with Crippen LogP contribution < -0.4 is 0 Å². The SMILES string of the molecule is CC(=O)CC(=O)CCS. The van der Waals surface area contributed by atoms with Crippen molar-refractivity contribution >= 4 is 24.2 Å². The molecule has 0 aromatic carbocycles. The highest BCUT2D eigenvalue weighted by molar-refractivity contribution is 7.80. The summed E-state index contributed by atoms with van der Waals surface area (Å²) in [5.74, 6) is 0.450. The number of carbonyl (C=O) groups excluding carboxylic acids is 2. The highest BCUT2D eigenvalue weighted by Gasteiger charge is 2.02. The lowest BCUT2D eigenvalue weighted by atomic mass is 10.2. The third-order valence-corrected chi connectivity index (χ3v) is 1.06. The molecule has 0 aromatic heterocycles. The fraction of sp³-hybridized carbons (Fsp3) is 0.667. The van der Waals surface area contributed by atoms with Gasteiger partial charge >= 0.3 is 0 Å². The van der Waals surface area contributed by atoms with Crippen LogP contribution in [0.2, 0.25) is 0 Å². The molecule has 0 spiro atoms. The van der Waals surface area contributed by atoms with Crippen molar-refractivity contribution in [3.8, 4) is 0 Å². The minimum atomic E-state index is -0.0678. The van der Waals surface area contributed by atoms with Gasteiger partial charge in [0.25, 0.3) is 0 Å². The highest BCUT2D eigenvalue weighted by Crippen LogP contribution is 1.92. The zero-order valence-corrected chi connectivity index (χ0v) is 6.28. The monoisotopic (exact) mass is 146 g/mol. The van der Waals surface area contributed by atoms with Crippen LogP contribution in [-0.2, 0) is 9.59 Å². The molecule has 0 bridgehead atoms. The van der Waals surface area contributed by atoms with E-state index >= 15 is 0 Å². The molecule has 0 rings (SSSR count). The average Bonchev–Trinajstić information content (AvgIpc) is 1.63. The maximum atomic E-state index is 10.6. The van der Waals surface area contributed by atoms with E-state index in [1.165, 1.54) is 6.92 Å². The number of ketones is 2. The summed E-state index contributed by atoms with van der Waals surface area (Å²) < 4.78 is 0. The second-order valence-corrected chi connectivity index (χ2v) is 2.34. The van der Waals surface area contributed by atoms with Gasteiger partial charge in [0.05, 0.1) is 6.42 Å². The van der Waals surface area contributed by atoms with Gasteiger partial charge in [-0.25, -0.2) is 0 Å². The number of Topliss-reactive ketones (excluding diaryl/α,β-unsaturated/α-hetero) is 2. The Morgan fingerprint density at radius 2 is 2.00 bits per heavy atom. The Morgan fingerprint density at radius 1 is 1.44 bits per heavy atom. The Kier molecular flexibility index (Phi) is 4.40. The number of hydrogen-bond acceptors (Lipinski definition) is 3. The second kappa shape index (κ2) is 4.56. The maximum absolute atomic E-state index is 10.6. The Morgan fingerprint density at radius 3 is 2.33 bits per heavy atom. The number of carbonyl (C=O) groups is 2.